The molecule has 2 heteroatoms. The van der Waals surface area contributed by atoms with E-state index in [4.69, 9.17) is 0 Å². The van der Waals surface area contributed by atoms with Crippen LogP contribution in [0, 0.1) is 12.7 Å². The first kappa shape index (κ1) is 14.3. The molecule has 21 heavy (non-hydrogen) atoms. The highest BCUT2D eigenvalue weighted by Crippen LogP contribution is 2.35. The summed E-state index contributed by atoms with van der Waals surface area (Å²) in [5.41, 5.74) is 4.57. The van der Waals surface area contributed by atoms with Crippen molar-refractivity contribution in [2.45, 2.75) is 44.6 Å². The van der Waals surface area contributed by atoms with Crippen LogP contribution in [-0.2, 0) is 12.8 Å². The van der Waals surface area contributed by atoms with Gasteiger partial charge in [-0.05, 0) is 67.0 Å². The maximum atomic E-state index is 13.4. The Morgan fingerprint density at radius 2 is 2.05 bits per heavy atom. The molecule has 0 aromatic heterocycles. The molecule has 0 heterocycles. The molecule has 0 amide bonds. The van der Waals surface area contributed by atoms with E-state index in [-0.39, 0.29) is 11.7 Å². The minimum Gasteiger partial charge on any atom is -0.392 e. The van der Waals surface area contributed by atoms with Crippen LogP contribution in [0.4, 0.5) is 4.39 Å². The first-order valence-electron chi connectivity index (χ1n) is 7.66. The Morgan fingerprint density at radius 1 is 1.24 bits per heavy atom. The molecule has 1 aliphatic rings. The maximum absolute atomic E-state index is 13.4. The highest BCUT2D eigenvalue weighted by Gasteiger charge is 2.26. The van der Waals surface area contributed by atoms with Crippen molar-refractivity contribution in [3.63, 3.8) is 0 Å². The lowest BCUT2D eigenvalue weighted by Crippen LogP contribution is -2.25. The standard InChI is InChI=1S/C19H21FO/c1-13-9-10-16(20)11-15(13)12-19(21)18-8-4-6-14-5-2-3-7-17(14)18/h2-3,5,7,9-11,18-19,21H,4,6,8,12H2,1H3. The van der Waals surface area contributed by atoms with Gasteiger partial charge < -0.3 is 5.11 Å². The molecule has 2 unspecified atom stereocenters. The Hall–Kier alpha value is -1.67. The number of fused-ring (bicyclic) bond motifs is 1. The van der Waals surface area contributed by atoms with Crippen molar-refractivity contribution in [3.8, 4) is 0 Å². The first-order chi connectivity index (χ1) is 10.1. The van der Waals surface area contributed by atoms with Crippen molar-refractivity contribution < 1.29 is 9.50 Å². The lowest BCUT2D eigenvalue weighted by Gasteiger charge is -2.29. The van der Waals surface area contributed by atoms with Gasteiger partial charge in [0.05, 0.1) is 6.10 Å². The van der Waals surface area contributed by atoms with E-state index in [1.54, 1.807) is 12.1 Å². The van der Waals surface area contributed by atoms with Gasteiger partial charge in [-0.1, -0.05) is 30.3 Å². The fourth-order valence-corrected chi connectivity index (χ4v) is 3.42. The molecule has 0 spiro atoms. The largest absolute Gasteiger partial charge is 0.392 e. The Bertz CT molecular complexity index is 635. The van der Waals surface area contributed by atoms with E-state index >= 15 is 0 Å². The van der Waals surface area contributed by atoms with Crippen molar-refractivity contribution in [1.29, 1.82) is 0 Å². The summed E-state index contributed by atoms with van der Waals surface area (Å²) in [7, 11) is 0. The zero-order valence-electron chi connectivity index (χ0n) is 12.3. The molecule has 3 rings (SSSR count). The predicted octanol–water partition coefficient (Wildman–Crippen LogP) is 4.16. The summed E-state index contributed by atoms with van der Waals surface area (Å²) >= 11 is 0. The summed E-state index contributed by atoms with van der Waals surface area (Å²) in [6.45, 7) is 1.97. The fourth-order valence-electron chi connectivity index (χ4n) is 3.42. The SMILES string of the molecule is Cc1ccc(F)cc1CC(O)C1CCCc2ccccc21. The van der Waals surface area contributed by atoms with E-state index in [0.717, 1.165) is 30.4 Å². The van der Waals surface area contributed by atoms with Crippen LogP contribution in [0.1, 0.15) is 41.0 Å². The lowest BCUT2D eigenvalue weighted by atomic mass is 9.78. The number of benzene rings is 2. The van der Waals surface area contributed by atoms with Gasteiger partial charge in [-0.15, -0.1) is 0 Å². The van der Waals surface area contributed by atoms with Crippen LogP contribution >= 0.6 is 0 Å². The minimum atomic E-state index is -0.452. The van der Waals surface area contributed by atoms with E-state index in [1.807, 2.05) is 13.0 Å². The molecule has 1 nitrogen and oxygen atoms in total. The van der Waals surface area contributed by atoms with Crippen LogP contribution in [0.2, 0.25) is 0 Å². The summed E-state index contributed by atoms with van der Waals surface area (Å²) in [6.07, 6.45) is 3.28. The third-order valence-electron chi connectivity index (χ3n) is 4.62. The number of aryl methyl sites for hydroxylation is 2. The molecule has 2 atom stereocenters. The summed E-state index contributed by atoms with van der Waals surface area (Å²) in [5.74, 6) is -0.0653. The van der Waals surface area contributed by atoms with Crippen LogP contribution < -0.4 is 0 Å². The molecule has 0 aliphatic heterocycles. The Labute approximate surface area is 125 Å². The quantitative estimate of drug-likeness (QED) is 0.897. The number of hydrogen-bond acceptors (Lipinski definition) is 1. The lowest BCUT2D eigenvalue weighted by molar-refractivity contribution is 0.134. The molecule has 110 valence electrons. The van der Waals surface area contributed by atoms with E-state index in [1.165, 1.54) is 17.2 Å². The van der Waals surface area contributed by atoms with Gasteiger partial charge in [0.1, 0.15) is 5.82 Å². The third-order valence-corrected chi connectivity index (χ3v) is 4.62. The Kier molecular flexibility index (Phi) is 4.07. The van der Waals surface area contributed by atoms with Crippen LogP contribution in [0.3, 0.4) is 0 Å². The van der Waals surface area contributed by atoms with Gasteiger partial charge in [-0.25, -0.2) is 4.39 Å². The zero-order valence-corrected chi connectivity index (χ0v) is 12.3. The van der Waals surface area contributed by atoms with E-state index in [9.17, 15) is 9.50 Å². The fraction of sp³-hybridized carbons (Fsp3) is 0.368. The van der Waals surface area contributed by atoms with Gasteiger partial charge in [0, 0.05) is 5.92 Å². The molecule has 0 bridgehead atoms. The molecule has 1 N–H and O–H groups in total. The number of aliphatic hydroxyl groups excluding tert-OH is 1. The van der Waals surface area contributed by atoms with Gasteiger partial charge in [0.15, 0.2) is 0 Å². The van der Waals surface area contributed by atoms with Gasteiger partial charge in [0.2, 0.25) is 0 Å². The molecule has 0 fully saturated rings. The summed E-state index contributed by atoms with van der Waals surface area (Å²) in [4.78, 5) is 0. The Balaban J connectivity index is 1.83. The summed E-state index contributed by atoms with van der Waals surface area (Å²) in [6, 6.07) is 13.2. The molecular weight excluding hydrogens is 263 g/mol. The van der Waals surface area contributed by atoms with Gasteiger partial charge in [-0.2, -0.15) is 0 Å². The minimum absolute atomic E-state index is 0.164. The monoisotopic (exact) mass is 284 g/mol. The molecule has 1 aliphatic carbocycles. The second-order valence-corrected chi connectivity index (χ2v) is 6.04. The van der Waals surface area contributed by atoms with Crippen molar-refractivity contribution >= 4 is 0 Å². The van der Waals surface area contributed by atoms with Crippen LogP contribution in [0.5, 0.6) is 0 Å². The third kappa shape index (κ3) is 3.01. The first-order valence-corrected chi connectivity index (χ1v) is 7.66. The van der Waals surface area contributed by atoms with E-state index in [0.29, 0.717) is 6.42 Å². The number of rotatable bonds is 3. The van der Waals surface area contributed by atoms with Crippen molar-refractivity contribution in [2.24, 2.45) is 0 Å². The normalized spacial score (nSPS) is 19.1. The second-order valence-electron chi connectivity index (χ2n) is 6.04. The topological polar surface area (TPSA) is 20.2 Å². The predicted molar refractivity (Wildman–Crippen MR) is 83.0 cm³/mol. The smallest absolute Gasteiger partial charge is 0.123 e. The van der Waals surface area contributed by atoms with Crippen LogP contribution in [0.15, 0.2) is 42.5 Å². The molecule has 0 saturated heterocycles. The van der Waals surface area contributed by atoms with Crippen molar-refractivity contribution in [2.75, 3.05) is 0 Å². The number of halogens is 1. The van der Waals surface area contributed by atoms with Gasteiger partial charge >= 0.3 is 0 Å². The van der Waals surface area contributed by atoms with Crippen LogP contribution in [-0.4, -0.2) is 11.2 Å². The Morgan fingerprint density at radius 3 is 2.90 bits per heavy atom. The van der Waals surface area contributed by atoms with E-state index in [2.05, 4.69) is 18.2 Å². The summed E-state index contributed by atoms with van der Waals surface area (Å²) in [5, 5.41) is 10.7. The van der Waals surface area contributed by atoms with Crippen molar-refractivity contribution in [3.05, 3.63) is 70.5 Å². The maximum Gasteiger partial charge on any atom is 0.123 e. The second kappa shape index (κ2) is 5.98. The molecule has 2 aromatic rings. The highest BCUT2D eigenvalue weighted by molar-refractivity contribution is 5.34. The summed E-state index contributed by atoms with van der Waals surface area (Å²) < 4.78 is 13.4. The molecule has 0 saturated carbocycles. The zero-order chi connectivity index (χ0) is 14.8. The number of aliphatic hydroxyl groups is 1. The van der Waals surface area contributed by atoms with Crippen molar-refractivity contribution in [1.82, 2.24) is 0 Å². The van der Waals surface area contributed by atoms with Gasteiger partial charge in [0.25, 0.3) is 0 Å². The molecule has 2 aromatic carbocycles. The number of hydrogen-bond donors (Lipinski definition) is 1. The average molecular weight is 284 g/mol. The molecular formula is C19H21FO. The molecule has 0 radical (unpaired) electrons. The van der Waals surface area contributed by atoms with E-state index < -0.39 is 6.10 Å². The highest BCUT2D eigenvalue weighted by atomic mass is 19.1. The van der Waals surface area contributed by atoms with Crippen LogP contribution in [0.25, 0.3) is 0 Å². The average Bonchev–Trinajstić information content (AvgIpc) is 2.50. The van der Waals surface area contributed by atoms with Gasteiger partial charge in [-0.3, -0.25) is 0 Å².